The Kier molecular flexibility index (Phi) is 4.89. The van der Waals surface area contributed by atoms with E-state index < -0.39 is 22.5 Å². The van der Waals surface area contributed by atoms with Gasteiger partial charge < -0.3 is 14.6 Å². The third-order valence-corrected chi connectivity index (χ3v) is 4.06. The fraction of sp³-hybridized carbons (Fsp3) is 0.286. The number of sulfonamides is 1. The van der Waals surface area contributed by atoms with Crippen molar-refractivity contribution >= 4 is 27.4 Å². The Hall–Kier alpha value is -2.55. The van der Waals surface area contributed by atoms with Crippen LogP contribution in [0.3, 0.4) is 0 Å². The monoisotopic (exact) mass is 339 g/mol. The van der Waals surface area contributed by atoms with Gasteiger partial charge in [-0.2, -0.15) is 0 Å². The number of rotatable bonds is 6. The van der Waals surface area contributed by atoms with E-state index in [-0.39, 0.29) is 5.82 Å². The standard InChI is InChI=1S/C14H17N3O5S/c1-10-7-13(16-22-10)15-14(18)9-17(23(3,19)20)11-5-4-6-12(8-11)21-2/h4-8H,9H2,1-3H3,(H,15,16,18). The molecule has 0 radical (unpaired) electrons. The number of anilines is 2. The van der Waals surface area contributed by atoms with Gasteiger partial charge in [0.25, 0.3) is 0 Å². The van der Waals surface area contributed by atoms with Crippen LogP contribution in [0, 0.1) is 6.92 Å². The first kappa shape index (κ1) is 16.8. The molecule has 0 saturated heterocycles. The molecule has 9 heteroatoms. The predicted octanol–water partition coefficient (Wildman–Crippen LogP) is 1.40. The molecule has 2 aromatic rings. The zero-order valence-electron chi connectivity index (χ0n) is 12.9. The highest BCUT2D eigenvalue weighted by molar-refractivity contribution is 7.92. The van der Waals surface area contributed by atoms with E-state index in [9.17, 15) is 13.2 Å². The van der Waals surface area contributed by atoms with E-state index in [0.29, 0.717) is 17.2 Å². The Labute approximate surface area is 134 Å². The van der Waals surface area contributed by atoms with E-state index in [2.05, 4.69) is 10.5 Å². The van der Waals surface area contributed by atoms with Crippen LogP contribution in [0.4, 0.5) is 11.5 Å². The third kappa shape index (κ3) is 4.46. The lowest BCUT2D eigenvalue weighted by atomic mass is 10.3. The van der Waals surface area contributed by atoms with Crippen molar-refractivity contribution in [2.24, 2.45) is 0 Å². The highest BCUT2D eigenvalue weighted by atomic mass is 32.2. The van der Waals surface area contributed by atoms with Crippen molar-refractivity contribution in [2.45, 2.75) is 6.92 Å². The Bertz CT molecular complexity index is 800. The average Bonchev–Trinajstić information content (AvgIpc) is 2.88. The molecular formula is C14H17N3O5S. The number of amides is 1. The summed E-state index contributed by atoms with van der Waals surface area (Å²) < 4.78 is 34.9. The molecule has 124 valence electrons. The van der Waals surface area contributed by atoms with Gasteiger partial charge in [0.1, 0.15) is 18.1 Å². The maximum absolute atomic E-state index is 12.1. The molecule has 0 aliphatic carbocycles. The summed E-state index contributed by atoms with van der Waals surface area (Å²) in [7, 11) is -2.18. The summed E-state index contributed by atoms with van der Waals surface area (Å²) in [6.07, 6.45) is 1.03. The number of nitrogens with one attached hydrogen (secondary N) is 1. The van der Waals surface area contributed by atoms with Gasteiger partial charge in [-0.05, 0) is 19.1 Å². The van der Waals surface area contributed by atoms with Gasteiger partial charge in [0.15, 0.2) is 5.82 Å². The number of hydrogen-bond donors (Lipinski definition) is 1. The lowest BCUT2D eigenvalue weighted by Crippen LogP contribution is -2.37. The van der Waals surface area contributed by atoms with Crippen molar-refractivity contribution in [2.75, 3.05) is 29.5 Å². The summed E-state index contributed by atoms with van der Waals surface area (Å²) in [6.45, 7) is 1.29. The van der Waals surface area contributed by atoms with Crippen molar-refractivity contribution in [3.63, 3.8) is 0 Å². The van der Waals surface area contributed by atoms with Crippen LogP contribution in [0.15, 0.2) is 34.9 Å². The topological polar surface area (TPSA) is 102 Å². The van der Waals surface area contributed by atoms with Crippen molar-refractivity contribution in [1.29, 1.82) is 0 Å². The zero-order valence-corrected chi connectivity index (χ0v) is 13.8. The lowest BCUT2D eigenvalue weighted by molar-refractivity contribution is -0.114. The molecule has 0 spiro atoms. The highest BCUT2D eigenvalue weighted by Crippen LogP contribution is 2.23. The number of carbonyl (C=O) groups is 1. The number of hydrogen-bond acceptors (Lipinski definition) is 6. The van der Waals surface area contributed by atoms with Crippen molar-refractivity contribution in [1.82, 2.24) is 5.16 Å². The number of methoxy groups -OCH3 is 1. The molecule has 0 atom stereocenters. The Morgan fingerprint density at radius 3 is 2.70 bits per heavy atom. The summed E-state index contributed by atoms with van der Waals surface area (Å²) in [5, 5.41) is 6.11. The third-order valence-electron chi connectivity index (χ3n) is 2.92. The maximum atomic E-state index is 12.1. The number of aromatic nitrogens is 1. The quantitative estimate of drug-likeness (QED) is 0.853. The van der Waals surface area contributed by atoms with Gasteiger partial charge in [-0.1, -0.05) is 11.2 Å². The van der Waals surface area contributed by atoms with Crippen LogP contribution in [0.1, 0.15) is 5.76 Å². The molecule has 1 amide bonds. The molecule has 0 unspecified atom stereocenters. The van der Waals surface area contributed by atoms with Gasteiger partial charge in [-0.15, -0.1) is 0 Å². The minimum atomic E-state index is -3.65. The summed E-state index contributed by atoms with van der Waals surface area (Å²) in [5.74, 6) is 0.717. The van der Waals surface area contributed by atoms with Crippen LogP contribution >= 0.6 is 0 Å². The Morgan fingerprint density at radius 1 is 1.39 bits per heavy atom. The average molecular weight is 339 g/mol. The van der Waals surface area contributed by atoms with Crippen LogP contribution in [-0.2, 0) is 14.8 Å². The van der Waals surface area contributed by atoms with Gasteiger partial charge in [-0.3, -0.25) is 9.10 Å². The summed E-state index contributed by atoms with van der Waals surface area (Å²) in [4.78, 5) is 12.1. The van der Waals surface area contributed by atoms with Crippen molar-refractivity contribution < 1.29 is 22.5 Å². The fourth-order valence-electron chi connectivity index (χ4n) is 1.90. The Morgan fingerprint density at radius 2 is 2.13 bits per heavy atom. The number of ether oxygens (including phenoxy) is 1. The smallest absolute Gasteiger partial charge is 0.246 e. The van der Waals surface area contributed by atoms with Gasteiger partial charge in [0.05, 0.1) is 19.1 Å². The van der Waals surface area contributed by atoms with E-state index in [1.54, 1.807) is 25.1 Å². The van der Waals surface area contributed by atoms with Gasteiger partial charge in [0.2, 0.25) is 15.9 Å². The van der Waals surface area contributed by atoms with Gasteiger partial charge >= 0.3 is 0 Å². The molecule has 8 nitrogen and oxygen atoms in total. The normalized spacial score (nSPS) is 11.1. The van der Waals surface area contributed by atoms with Crippen molar-refractivity contribution in [3.05, 3.63) is 36.1 Å². The van der Waals surface area contributed by atoms with E-state index >= 15 is 0 Å². The number of carbonyl (C=O) groups excluding carboxylic acids is 1. The number of aryl methyl sites for hydroxylation is 1. The number of benzene rings is 1. The molecule has 1 aromatic heterocycles. The van der Waals surface area contributed by atoms with Gasteiger partial charge in [0, 0.05) is 12.1 Å². The van der Waals surface area contributed by atoms with Crippen LogP contribution in [0.5, 0.6) is 5.75 Å². The summed E-state index contributed by atoms with van der Waals surface area (Å²) in [5.41, 5.74) is 0.332. The second kappa shape index (κ2) is 6.69. The van der Waals surface area contributed by atoms with E-state index in [4.69, 9.17) is 9.26 Å². The van der Waals surface area contributed by atoms with Crippen LogP contribution < -0.4 is 14.4 Å². The summed E-state index contributed by atoms with van der Waals surface area (Å²) in [6, 6.07) is 7.98. The molecule has 1 N–H and O–H groups in total. The first-order valence-electron chi connectivity index (χ1n) is 6.64. The molecule has 1 heterocycles. The minimum Gasteiger partial charge on any atom is -0.497 e. The molecule has 1 aromatic carbocycles. The highest BCUT2D eigenvalue weighted by Gasteiger charge is 2.21. The van der Waals surface area contributed by atoms with E-state index in [1.807, 2.05) is 0 Å². The first-order chi connectivity index (χ1) is 10.8. The minimum absolute atomic E-state index is 0.228. The van der Waals surface area contributed by atoms with Crippen molar-refractivity contribution in [3.8, 4) is 5.75 Å². The Balaban J connectivity index is 2.20. The fourth-order valence-corrected chi connectivity index (χ4v) is 2.75. The largest absolute Gasteiger partial charge is 0.497 e. The van der Waals surface area contributed by atoms with Crippen LogP contribution in [-0.4, -0.2) is 39.4 Å². The molecule has 0 bridgehead atoms. The molecule has 0 saturated carbocycles. The zero-order chi connectivity index (χ0) is 17.0. The SMILES string of the molecule is COc1cccc(N(CC(=O)Nc2cc(C)on2)S(C)(=O)=O)c1. The van der Waals surface area contributed by atoms with Crippen LogP contribution in [0.2, 0.25) is 0 Å². The molecule has 2 rings (SSSR count). The molecule has 23 heavy (non-hydrogen) atoms. The summed E-state index contributed by atoms with van der Waals surface area (Å²) >= 11 is 0. The molecule has 0 aliphatic heterocycles. The second-order valence-electron chi connectivity index (χ2n) is 4.84. The molecule has 0 fully saturated rings. The lowest BCUT2D eigenvalue weighted by Gasteiger charge is -2.22. The first-order valence-corrected chi connectivity index (χ1v) is 8.49. The maximum Gasteiger partial charge on any atom is 0.246 e. The molecule has 0 aliphatic rings. The van der Waals surface area contributed by atoms with Gasteiger partial charge in [-0.25, -0.2) is 8.42 Å². The number of nitrogens with zero attached hydrogens (tertiary/aromatic N) is 2. The second-order valence-corrected chi connectivity index (χ2v) is 6.75. The van der Waals surface area contributed by atoms with E-state index in [1.165, 1.54) is 19.2 Å². The predicted molar refractivity (Wildman–Crippen MR) is 85.1 cm³/mol. The van der Waals surface area contributed by atoms with Crippen LogP contribution in [0.25, 0.3) is 0 Å². The van der Waals surface area contributed by atoms with E-state index in [0.717, 1.165) is 10.6 Å². The molecular weight excluding hydrogens is 322 g/mol.